The maximum atomic E-state index is 11.7. The van der Waals surface area contributed by atoms with Crippen LogP contribution in [0.4, 0.5) is 0 Å². The molecule has 0 aromatic carbocycles. The van der Waals surface area contributed by atoms with Gasteiger partial charge in [0, 0.05) is 0 Å². The van der Waals surface area contributed by atoms with Gasteiger partial charge in [0.2, 0.25) is 5.69 Å². The average Bonchev–Trinajstić information content (AvgIpc) is 2.80. The molecule has 0 amide bonds. The first-order valence-corrected chi connectivity index (χ1v) is 5.98. The summed E-state index contributed by atoms with van der Waals surface area (Å²) >= 11 is 0. The van der Waals surface area contributed by atoms with Gasteiger partial charge in [0.05, 0.1) is 20.0 Å². The van der Waals surface area contributed by atoms with Gasteiger partial charge >= 0.3 is 11.9 Å². The van der Waals surface area contributed by atoms with Crippen molar-refractivity contribution in [3.63, 3.8) is 0 Å². The van der Waals surface area contributed by atoms with E-state index in [1.807, 2.05) is 13.8 Å². The van der Waals surface area contributed by atoms with Crippen LogP contribution in [0.25, 0.3) is 0 Å². The van der Waals surface area contributed by atoms with Crippen LogP contribution in [0.3, 0.4) is 0 Å². The highest BCUT2D eigenvalue weighted by Gasteiger charge is 2.29. The fourth-order valence-electron chi connectivity index (χ4n) is 1.31. The van der Waals surface area contributed by atoms with Gasteiger partial charge in [-0.15, -0.1) is 14.3 Å². The molecule has 0 spiro atoms. The zero-order valence-corrected chi connectivity index (χ0v) is 11.9. The van der Waals surface area contributed by atoms with Crippen molar-refractivity contribution < 1.29 is 19.1 Å². The minimum absolute atomic E-state index is 0.00181. The number of aromatic nitrogens is 3. The first-order valence-electron chi connectivity index (χ1n) is 5.31. The van der Waals surface area contributed by atoms with Crippen LogP contribution >= 0.6 is 9.24 Å². The molecule has 7 nitrogen and oxygen atoms in total. The molecule has 100 valence electrons. The van der Waals surface area contributed by atoms with Crippen LogP contribution in [-0.2, 0) is 9.47 Å². The Bertz CT molecular complexity index is 458. The van der Waals surface area contributed by atoms with Crippen LogP contribution in [0.1, 0.15) is 40.6 Å². The Kier molecular flexibility index (Phi) is 4.78. The van der Waals surface area contributed by atoms with E-state index in [4.69, 9.17) is 0 Å². The summed E-state index contributed by atoms with van der Waals surface area (Å²) in [5.74, 6) is -1.38. The van der Waals surface area contributed by atoms with Crippen molar-refractivity contribution >= 4 is 21.2 Å². The minimum atomic E-state index is -0.720. The molecule has 0 aliphatic heterocycles. The van der Waals surface area contributed by atoms with Gasteiger partial charge in [0.1, 0.15) is 0 Å². The van der Waals surface area contributed by atoms with Crippen molar-refractivity contribution in [2.24, 2.45) is 5.92 Å². The van der Waals surface area contributed by atoms with E-state index in [2.05, 4.69) is 29.0 Å². The number of methoxy groups -OCH3 is 2. The molecular weight excluding hydrogens is 257 g/mol. The van der Waals surface area contributed by atoms with Gasteiger partial charge in [-0.05, 0) is 5.92 Å². The maximum absolute atomic E-state index is 11.7. The third kappa shape index (κ3) is 2.67. The number of rotatable bonds is 4. The van der Waals surface area contributed by atoms with E-state index in [-0.39, 0.29) is 23.1 Å². The second-order valence-electron chi connectivity index (χ2n) is 3.95. The molecule has 0 saturated heterocycles. The summed E-state index contributed by atoms with van der Waals surface area (Å²) in [6, 6.07) is 0. The number of hydrogen-bond acceptors (Lipinski definition) is 6. The van der Waals surface area contributed by atoms with Crippen molar-refractivity contribution in [3.05, 3.63) is 11.4 Å². The summed E-state index contributed by atoms with van der Waals surface area (Å²) in [5, 5.41) is 7.50. The average molecular weight is 273 g/mol. The molecule has 0 N–H and O–H groups in total. The van der Waals surface area contributed by atoms with Crippen LogP contribution < -0.4 is 0 Å². The van der Waals surface area contributed by atoms with Crippen molar-refractivity contribution in [3.8, 4) is 0 Å². The van der Waals surface area contributed by atoms with Crippen LogP contribution in [0, 0.1) is 5.92 Å². The normalized spacial score (nSPS) is 12.3. The highest BCUT2D eigenvalue weighted by atomic mass is 31.0. The Labute approximate surface area is 107 Å². The minimum Gasteiger partial charge on any atom is -0.464 e. The highest BCUT2D eigenvalue weighted by Crippen LogP contribution is 2.26. The lowest BCUT2D eigenvalue weighted by Crippen LogP contribution is -2.20. The van der Waals surface area contributed by atoms with Crippen LogP contribution in [-0.4, -0.2) is 41.2 Å². The number of carbonyl (C=O) groups is 2. The number of ether oxygens (including phenoxy) is 2. The zero-order chi connectivity index (χ0) is 13.9. The molecule has 1 aromatic rings. The van der Waals surface area contributed by atoms with E-state index >= 15 is 0 Å². The number of carbonyl (C=O) groups excluding carboxylic acids is 2. The van der Waals surface area contributed by atoms with Gasteiger partial charge in [0.25, 0.3) is 0 Å². The summed E-state index contributed by atoms with van der Waals surface area (Å²) in [7, 11) is 4.99. The van der Waals surface area contributed by atoms with Gasteiger partial charge in [-0.1, -0.05) is 19.1 Å². The molecule has 2 unspecified atom stereocenters. The molecule has 18 heavy (non-hydrogen) atoms. The monoisotopic (exact) mass is 273 g/mol. The largest absolute Gasteiger partial charge is 0.464 e. The van der Waals surface area contributed by atoms with Gasteiger partial charge in [-0.2, -0.15) is 0 Å². The molecule has 0 saturated carbocycles. The molecule has 0 aliphatic carbocycles. The van der Waals surface area contributed by atoms with Gasteiger partial charge in [-0.25, -0.2) is 14.3 Å². The fraction of sp³-hybridized carbons (Fsp3) is 0.600. The second kappa shape index (κ2) is 5.91. The molecule has 0 aliphatic rings. The van der Waals surface area contributed by atoms with E-state index in [0.717, 1.165) is 0 Å². The van der Waals surface area contributed by atoms with Crippen molar-refractivity contribution in [1.82, 2.24) is 15.0 Å². The molecule has 1 rings (SSSR count). The number of esters is 2. The Balaban J connectivity index is 3.32. The predicted molar refractivity (Wildman–Crippen MR) is 66.3 cm³/mol. The Morgan fingerprint density at radius 2 is 1.78 bits per heavy atom. The molecule has 1 aromatic heterocycles. The quantitative estimate of drug-likeness (QED) is 0.598. The second-order valence-corrected chi connectivity index (χ2v) is 4.63. The van der Waals surface area contributed by atoms with Gasteiger partial charge in [0.15, 0.2) is 5.69 Å². The first-order chi connectivity index (χ1) is 8.43. The Hall–Kier alpha value is -1.49. The lowest BCUT2D eigenvalue weighted by atomic mass is 10.2. The Morgan fingerprint density at radius 3 is 2.22 bits per heavy atom. The SMILES string of the molecule is COC(=O)c1nnn(C(P)C(C)C)c1C(=O)OC. The van der Waals surface area contributed by atoms with E-state index in [1.54, 1.807) is 0 Å². The molecule has 2 atom stereocenters. The number of nitrogens with zero attached hydrogens (tertiary/aromatic N) is 3. The van der Waals surface area contributed by atoms with Crippen LogP contribution in [0.2, 0.25) is 0 Å². The molecular formula is C10H16N3O4P. The molecule has 0 bridgehead atoms. The van der Waals surface area contributed by atoms with Crippen molar-refractivity contribution in [1.29, 1.82) is 0 Å². The molecule has 8 heteroatoms. The number of hydrogen-bond donors (Lipinski definition) is 0. The maximum Gasteiger partial charge on any atom is 0.361 e. The van der Waals surface area contributed by atoms with Gasteiger partial charge in [-0.3, -0.25) is 0 Å². The van der Waals surface area contributed by atoms with E-state index < -0.39 is 11.9 Å². The third-order valence-corrected chi connectivity index (χ3v) is 3.47. The van der Waals surface area contributed by atoms with Gasteiger partial charge < -0.3 is 9.47 Å². The molecule has 1 heterocycles. The van der Waals surface area contributed by atoms with Crippen LogP contribution in [0.5, 0.6) is 0 Å². The predicted octanol–water partition coefficient (Wildman–Crippen LogP) is 0.881. The van der Waals surface area contributed by atoms with Crippen LogP contribution in [0.15, 0.2) is 0 Å². The summed E-state index contributed by atoms with van der Waals surface area (Å²) < 4.78 is 10.6. The molecule has 0 fully saturated rings. The smallest absolute Gasteiger partial charge is 0.361 e. The first kappa shape index (κ1) is 14.6. The highest BCUT2D eigenvalue weighted by molar-refractivity contribution is 7.16. The summed E-state index contributed by atoms with van der Waals surface area (Å²) in [5.41, 5.74) is -0.143. The van der Waals surface area contributed by atoms with E-state index in [9.17, 15) is 9.59 Å². The standard InChI is InChI=1S/C10H16N3O4P/c1-5(2)8(18)13-7(10(15)17-4)6(11-12-13)9(14)16-3/h5,8H,18H2,1-4H3. The molecule has 0 radical (unpaired) electrons. The van der Waals surface area contributed by atoms with E-state index in [1.165, 1.54) is 18.9 Å². The zero-order valence-electron chi connectivity index (χ0n) is 10.7. The Morgan fingerprint density at radius 1 is 1.22 bits per heavy atom. The van der Waals surface area contributed by atoms with Crippen molar-refractivity contribution in [2.75, 3.05) is 14.2 Å². The van der Waals surface area contributed by atoms with Crippen molar-refractivity contribution in [2.45, 2.75) is 19.6 Å². The third-order valence-electron chi connectivity index (χ3n) is 2.42. The topological polar surface area (TPSA) is 83.3 Å². The summed E-state index contributed by atoms with van der Waals surface area (Å²) in [4.78, 5) is 23.2. The lowest BCUT2D eigenvalue weighted by Gasteiger charge is -2.17. The lowest BCUT2D eigenvalue weighted by molar-refractivity contribution is 0.0542. The summed E-state index contributed by atoms with van der Waals surface area (Å²) in [6.45, 7) is 3.91. The fourth-order valence-corrected chi connectivity index (χ4v) is 1.51. The summed E-state index contributed by atoms with van der Waals surface area (Å²) in [6.07, 6.45) is 0. The van der Waals surface area contributed by atoms with E-state index in [0.29, 0.717) is 0 Å².